The van der Waals surface area contributed by atoms with Gasteiger partial charge in [0.1, 0.15) is 0 Å². The molecule has 1 aromatic rings. The number of anilines is 1. The third kappa shape index (κ3) is 2.21. The fraction of sp³-hybridized carbons (Fsp3) is 0.200. The number of nitrogens with two attached hydrogens (primary N) is 1. The smallest absolute Gasteiger partial charge is 0.182 e. The summed E-state index contributed by atoms with van der Waals surface area (Å²) in [5.74, 6) is 2.76. The zero-order valence-corrected chi connectivity index (χ0v) is 7.35. The van der Waals surface area contributed by atoms with Crippen molar-refractivity contribution in [2.24, 2.45) is 0 Å². The van der Waals surface area contributed by atoms with Crippen molar-refractivity contribution in [3.63, 3.8) is 0 Å². The van der Waals surface area contributed by atoms with Gasteiger partial charge in [-0.3, -0.25) is 0 Å². The van der Waals surface area contributed by atoms with Crippen LogP contribution in [0.3, 0.4) is 0 Å². The fourth-order valence-electron chi connectivity index (χ4n) is 0.875. The molecule has 4 heteroatoms. The predicted molar refractivity (Wildman–Crippen MR) is 49.4 cm³/mol. The maximum atomic E-state index is 13.1. The van der Waals surface area contributed by atoms with Gasteiger partial charge < -0.3 is 10.8 Å². The van der Waals surface area contributed by atoms with Gasteiger partial charge in [-0.25, -0.2) is 8.78 Å². The molecule has 0 heterocycles. The molecule has 0 saturated carbocycles. The SMILES string of the molecule is Nc1ccc(C#CCCO)c(F)c1F. The van der Waals surface area contributed by atoms with Crippen LogP contribution in [0.25, 0.3) is 0 Å². The number of halogens is 2. The summed E-state index contributed by atoms with van der Waals surface area (Å²) < 4.78 is 26.0. The molecule has 0 aliphatic carbocycles. The van der Waals surface area contributed by atoms with Gasteiger partial charge in [-0.15, -0.1) is 0 Å². The summed E-state index contributed by atoms with van der Waals surface area (Å²) in [5.41, 5.74) is 4.85. The van der Waals surface area contributed by atoms with Gasteiger partial charge in [-0.2, -0.15) is 0 Å². The first-order chi connectivity index (χ1) is 6.66. The number of nitrogen functional groups attached to an aromatic ring is 1. The molecular weight excluding hydrogens is 188 g/mol. The summed E-state index contributed by atoms with van der Waals surface area (Å²) in [7, 11) is 0. The second kappa shape index (κ2) is 4.58. The third-order valence-corrected chi connectivity index (χ3v) is 1.57. The van der Waals surface area contributed by atoms with E-state index in [9.17, 15) is 8.78 Å². The highest BCUT2D eigenvalue weighted by Gasteiger charge is 2.09. The molecule has 14 heavy (non-hydrogen) atoms. The van der Waals surface area contributed by atoms with Gasteiger partial charge in [-0.05, 0) is 12.1 Å². The number of benzene rings is 1. The van der Waals surface area contributed by atoms with Crippen LogP contribution in [-0.4, -0.2) is 11.7 Å². The second-order valence-corrected chi connectivity index (χ2v) is 2.61. The minimum Gasteiger partial charge on any atom is -0.396 e. The van der Waals surface area contributed by atoms with E-state index in [2.05, 4.69) is 11.8 Å². The Hall–Kier alpha value is -1.60. The largest absolute Gasteiger partial charge is 0.396 e. The summed E-state index contributed by atoms with van der Waals surface area (Å²) in [6.07, 6.45) is 0.228. The number of aliphatic hydroxyl groups excluding tert-OH is 1. The van der Waals surface area contributed by atoms with Gasteiger partial charge in [0, 0.05) is 6.42 Å². The van der Waals surface area contributed by atoms with E-state index in [4.69, 9.17) is 10.8 Å². The quantitative estimate of drug-likeness (QED) is 0.526. The Morgan fingerprint density at radius 2 is 2.00 bits per heavy atom. The Kier molecular flexibility index (Phi) is 3.43. The highest BCUT2D eigenvalue weighted by Crippen LogP contribution is 2.16. The minimum absolute atomic E-state index is 0.0508. The van der Waals surface area contributed by atoms with Gasteiger partial charge in [0.05, 0.1) is 17.9 Å². The van der Waals surface area contributed by atoms with E-state index < -0.39 is 11.6 Å². The van der Waals surface area contributed by atoms with Crippen LogP contribution in [0.4, 0.5) is 14.5 Å². The van der Waals surface area contributed by atoms with Crippen LogP contribution in [-0.2, 0) is 0 Å². The van der Waals surface area contributed by atoms with Crippen molar-refractivity contribution in [3.05, 3.63) is 29.3 Å². The van der Waals surface area contributed by atoms with Crippen LogP contribution in [0.2, 0.25) is 0 Å². The van der Waals surface area contributed by atoms with Crippen LogP contribution in [0.15, 0.2) is 12.1 Å². The van der Waals surface area contributed by atoms with E-state index in [1.807, 2.05) is 0 Å². The molecule has 74 valence electrons. The Bertz CT molecular complexity index is 393. The van der Waals surface area contributed by atoms with E-state index in [0.717, 1.165) is 0 Å². The lowest BCUT2D eigenvalue weighted by Crippen LogP contribution is -1.96. The maximum absolute atomic E-state index is 13.1. The van der Waals surface area contributed by atoms with Crippen molar-refractivity contribution < 1.29 is 13.9 Å². The molecule has 1 rings (SSSR count). The Morgan fingerprint density at radius 3 is 2.64 bits per heavy atom. The lowest BCUT2D eigenvalue weighted by atomic mass is 10.2. The Morgan fingerprint density at radius 1 is 1.29 bits per heavy atom. The average molecular weight is 197 g/mol. The number of hydrogen-bond acceptors (Lipinski definition) is 2. The Balaban J connectivity index is 3.02. The molecule has 0 amide bonds. The van der Waals surface area contributed by atoms with Gasteiger partial charge in [-0.1, -0.05) is 11.8 Å². The highest BCUT2D eigenvalue weighted by molar-refractivity contribution is 5.47. The van der Waals surface area contributed by atoms with E-state index in [1.165, 1.54) is 12.1 Å². The van der Waals surface area contributed by atoms with Gasteiger partial charge in [0.15, 0.2) is 11.6 Å². The second-order valence-electron chi connectivity index (χ2n) is 2.61. The molecule has 0 fully saturated rings. The van der Waals surface area contributed by atoms with Crippen LogP contribution < -0.4 is 5.73 Å². The van der Waals surface area contributed by atoms with Gasteiger partial charge in [0.2, 0.25) is 0 Å². The zero-order chi connectivity index (χ0) is 10.6. The summed E-state index contributed by atoms with van der Waals surface area (Å²) >= 11 is 0. The molecule has 3 N–H and O–H groups in total. The Labute approximate surface area is 80.4 Å². The third-order valence-electron chi connectivity index (χ3n) is 1.57. The van der Waals surface area contributed by atoms with Crippen LogP contribution in [0.5, 0.6) is 0 Å². The summed E-state index contributed by atoms with van der Waals surface area (Å²) in [6.45, 7) is -0.105. The standard InChI is InChI=1S/C10H9F2NO/c11-9-7(3-1-2-6-14)4-5-8(13)10(9)12/h4-5,14H,2,6,13H2. The molecule has 0 saturated heterocycles. The van der Waals surface area contributed by atoms with Crippen molar-refractivity contribution in [2.45, 2.75) is 6.42 Å². The first-order valence-electron chi connectivity index (χ1n) is 4.00. The minimum atomic E-state index is -1.08. The summed E-state index contributed by atoms with van der Waals surface area (Å²) in [5, 5.41) is 8.42. The lowest BCUT2D eigenvalue weighted by Gasteiger charge is -1.99. The molecule has 1 aromatic carbocycles. The van der Waals surface area contributed by atoms with Crippen molar-refractivity contribution >= 4 is 5.69 Å². The first kappa shape index (κ1) is 10.5. The van der Waals surface area contributed by atoms with Gasteiger partial charge >= 0.3 is 0 Å². The maximum Gasteiger partial charge on any atom is 0.182 e. The van der Waals surface area contributed by atoms with E-state index in [-0.39, 0.29) is 24.3 Å². The van der Waals surface area contributed by atoms with E-state index in [1.54, 1.807) is 0 Å². The van der Waals surface area contributed by atoms with Crippen molar-refractivity contribution in [1.29, 1.82) is 0 Å². The number of rotatable bonds is 1. The molecule has 0 spiro atoms. The number of hydrogen-bond donors (Lipinski definition) is 2. The topological polar surface area (TPSA) is 46.2 Å². The van der Waals surface area contributed by atoms with Gasteiger partial charge in [0.25, 0.3) is 0 Å². The fourth-order valence-corrected chi connectivity index (χ4v) is 0.875. The molecule has 0 bridgehead atoms. The summed E-state index contributed by atoms with van der Waals surface area (Å²) in [4.78, 5) is 0. The number of aliphatic hydroxyl groups is 1. The van der Waals surface area contributed by atoms with E-state index >= 15 is 0 Å². The predicted octanol–water partition coefficient (Wildman–Crippen LogP) is 1.28. The van der Waals surface area contributed by atoms with Crippen molar-refractivity contribution in [3.8, 4) is 11.8 Å². The van der Waals surface area contributed by atoms with Crippen LogP contribution >= 0.6 is 0 Å². The molecule has 0 atom stereocenters. The van der Waals surface area contributed by atoms with Crippen molar-refractivity contribution in [2.75, 3.05) is 12.3 Å². The lowest BCUT2D eigenvalue weighted by molar-refractivity contribution is 0.305. The highest BCUT2D eigenvalue weighted by atomic mass is 19.2. The molecule has 0 aromatic heterocycles. The van der Waals surface area contributed by atoms with Crippen LogP contribution in [0, 0.1) is 23.5 Å². The van der Waals surface area contributed by atoms with Crippen LogP contribution in [0.1, 0.15) is 12.0 Å². The molecule has 0 radical (unpaired) electrons. The zero-order valence-electron chi connectivity index (χ0n) is 7.35. The first-order valence-corrected chi connectivity index (χ1v) is 4.00. The molecule has 0 aliphatic heterocycles. The molecule has 0 unspecified atom stereocenters. The van der Waals surface area contributed by atoms with Crippen molar-refractivity contribution in [1.82, 2.24) is 0 Å². The normalized spacial score (nSPS) is 9.36. The monoisotopic (exact) mass is 197 g/mol. The molecule has 2 nitrogen and oxygen atoms in total. The average Bonchev–Trinajstić information content (AvgIpc) is 2.18. The molecular formula is C10H9F2NO. The van der Waals surface area contributed by atoms with E-state index in [0.29, 0.717) is 0 Å². The summed E-state index contributed by atoms with van der Waals surface area (Å²) in [6, 6.07) is 2.56. The molecule has 0 aliphatic rings.